The van der Waals surface area contributed by atoms with E-state index in [1.165, 1.54) is 16.9 Å². The maximum atomic E-state index is 12.1. The number of esters is 1. The topological polar surface area (TPSA) is 67.9 Å². The zero-order valence-electron chi connectivity index (χ0n) is 13.7. The Labute approximate surface area is 144 Å². The predicted octanol–water partition coefficient (Wildman–Crippen LogP) is 3.83. The minimum atomic E-state index is -0.757. The van der Waals surface area contributed by atoms with Gasteiger partial charge in [-0.1, -0.05) is 29.8 Å². The minimum Gasteiger partial charge on any atom is -0.443 e. The lowest BCUT2D eigenvalue weighted by Gasteiger charge is -2.04. The summed E-state index contributed by atoms with van der Waals surface area (Å²) in [6, 6.07) is 12.0. The average molecular weight is 339 g/mol. The van der Waals surface area contributed by atoms with Gasteiger partial charge in [-0.05, 0) is 32.4 Å². The summed E-state index contributed by atoms with van der Waals surface area (Å²) in [6.45, 7) is 6.18. The molecular formula is C18H17N3O2S. The van der Waals surface area contributed by atoms with Crippen LogP contribution in [0.2, 0.25) is 0 Å². The van der Waals surface area contributed by atoms with E-state index >= 15 is 0 Å². The molecule has 0 bridgehead atoms. The van der Waals surface area contributed by atoms with Crippen LogP contribution in [0.15, 0.2) is 30.3 Å². The van der Waals surface area contributed by atoms with Crippen molar-refractivity contribution in [3.63, 3.8) is 0 Å². The second kappa shape index (κ2) is 6.46. The summed E-state index contributed by atoms with van der Waals surface area (Å²) in [5.74, 6) is -0.466. The Hall–Kier alpha value is -2.65. The number of aryl methyl sites for hydroxylation is 2. The Kier molecular flexibility index (Phi) is 4.36. The van der Waals surface area contributed by atoms with Gasteiger partial charge >= 0.3 is 5.97 Å². The van der Waals surface area contributed by atoms with Gasteiger partial charge in [0.1, 0.15) is 15.8 Å². The van der Waals surface area contributed by atoms with Crippen LogP contribution in [0, 0.1) is 25.2 Å². The van der Waals surface area contributed by atoms with Crippen molar-refractivity contribution < 1.29 is 9.53 Å². The lowest BCUT2D eigenvalue weighted by molar-refractivity contribution is 0.0441. The molecule has 1 atom stereocenters. The monoisotopic (exact) mass is 339 g/mol. The number of benzene rings is 1. The van der Waals surface area contributed by atoms with Crippen LogP contribution < -0.4 is 0 Å². The van der Waals surface area contributed by atoms with E-state index in [9.17, 15) is 4.79 Å². The fourth-order valence-electron chi connectivity index (χ4n) is 2.43. The highest BCUT2D eigenvalue weighted by atomic mass is 32.1. The van der Waals surface area contributed by atoms with Crippen LogP contribution >= 0.6 is 11.3 Å². The van der Waals surface area contributed by atoms with Gasteiger partial charge in [-0.25, -0.2) is 4.79 Å². The summed E-state index contributed by atoms with van der Waals surface area (Å²) >= 11 is 1.34. The van der Waals surface area contributed by atoms with Gasteiger partial charge < -0.3 is 4.74 Å². The van der Waals surface area contributed by atoms with Crippen molar-refractivity contribution in [2.45, 2.75) is 33.4 Å². The van der Waals surface area contributed by atoms with Crippen molar-refractivity contribution in [1.29, 1.82) is 5.26 Å². The van der Waals surface area contributed by atoms with E-state index in [2.05, 4.69) is 36.3 Å². The number of carbonyl (C=O) groups excluding carboxylic acids is 1. The van der Waals surface area contributed by atoms with E-state index in [0.29, 0.717) is 11.4 Å². The van der Waals surface area contributed by atoms with Crippen LogP contribution in [0.1, 0.15) is 33.4 Å². The summed E-state index contributed by atoms with van der Waals surface area (Å²) in [5.41, 5.74) is 3.25. The number of hydrogen-bond acceptors (Lipinski definition) is 5. The molecule has 0 saturated carbocycles. The van der Waals surface area contributed by atoms with Crippen molar-refractivity contribution in [3.8, 4) is 6.07 Å². The van der Waals surface area contributed by atoms with Crippen molar-refractivity contribution in [1.82, 2.24) is 9.78 Å². The highest BCUT2D eigenvalue weighted by Gasteiger charge is 2.19. The Morgan fingerprint density at radius 3 is 2.75 bits per heavy atom. The van der Waals surface area contributed by atoms with Gasteiger partial charge in [-0.15, -0.1) is 11.3 Å². The lowest BCUT2D eigenvalue weighted by Crippen LogP contribution is -2.11. The molecule has 0 spiro atoms. The SMILES string of the molecule is Cc1ccc(Cn2nc(C)c3cc(C(=O)O[C@H](C)C#N)sc32)cc1. The first-order valence-electron chi connectivity index (χ1n) is 7.61. The van der Waals surface area contributed by atoms with Gasteiger partial charge in [0.05, 0.1) is 12.2 Å². The van der Waals surface area contributed by atoms with E-state index in [-0.39, 0.29) is 0 Å². The molecule has 0 aliphatic carbocycles. The fraction of sp³-hybridized carbons (Fsp3) is 0.278. The molecule has 0 aliphatic rings. The summed E-state index contributed by atoms with van der Waals surface area (Å²) in [7, 11) is 0. The van der Waals surface area contributed by atoms with Crippen molar-refractivity contribution in [3.05, 3.63) is 52.0 Å². The van der Waals surface area contributed by atoms with Gasteiger partial charge in [0, 0.05) is 5.39 Å². The first-order valence-corrected chi connectivity index (χ1v) is 8.42. The number of nitrogens with zero attached hydrogens (tertiary/aromatic N) is 3. The highest BCUT2D eigenvalue weighted by Crippen LogP contribution is 2.29. The van der Waals surface area contributed by atoms with E-state index in [1.54, 1.807) is 13.0 Å². The van der Waals surface area contributed by atoms with Gasteiger partial charge in [0.15, 0.2) is 6.10 Å². The van der Waals surface area contributed by atoms with Crippen LogP contribution in [0.5, 0.6) is 0 Å². The van der Waals surface area contributed by atoms with Crippen LogP contribution in [0.25, 0.3) is 10.2 Å². The van der Waals surface area contributed by atoms with Crippen LogP contribution in [-0.4, -0.2) is 21.9 Å². The summed E-state index contributed by atoms with van der Waals surface area (Å²) in [6.07, 6.45) is -0.757. The third-order valence-electron chi connectivity index (χ3n) is 3.73. The molecular weight excluding hydrogens is 322 g/mol. The number of carbonyl (C=O) groups is 1. The van der Waals surface area contributed by atoms with Crippen molar-refractivity contribution >= 4 is 27.5 Å². The van der Waals surface area contributed by atoms with Gasteiger partial charge in [-0.2, -0.15) is 10.4 Å². The molecule has 3 rings (SSSR count). The molecule has 2 aromatic heterocycles. The van der Waals surface area contributed by atoms with Gasteiger partial charge in [0.2, 0.25) is 0 Å². The molecule has 24 heavy (non-hydrogen) atoms. The highest BCUT2D eigenvalue weighted by molar-refractivity contribution is 7.20. The Morgan fingerprint density at radius 2 is 2.08 bits per heavy atom. The molecule has 0 N–H and O–H groups in total. The summed E-state index contributed by atoms with van der Waals surface area (Å²) in [5, 5.41) is 14.3. The third-order valence-corrected chi connectivity index (χ3v) is 4.86. The number of aromatic nitrogens is 2. The molecule has 0 aliphatic heterocycles. The van der Waals surface area contributed by atoms with Crippen LogP contribution in [0.4, 0.5) is 0 Å². The molecule has 0 saturated heterocycles. The molecule has 2 heterocycles. The Balaban J connectivity index is 1.91. The van der Waals surface area contributed by atoms with E-state index in [0.717, 1.165) is 21.5 Å². The predicted molar refractivity (Wildman–Crippen MR) is 93.1 cm³/mol. The average Bonchev–Trinajstić information content (AvgIpc) is 3.11. The minimum absolute atomic E-state index is 0.466. The smallest absolute Gasteiger partial charge is 0.349 e. The Bertz CT molecular complexity index is 932. The van der Waals surface area contributed by atoms with Gasteiger partial charge in [0.25, 0.3) is 0 Å². The molecule has 1 aromatic carbocycles. The molecule has 3 aromatic rings. The zero-order chi connectivity index (χ0) is 17.3. The molecule has 6 heteroatoms. The summed E-state index contributed by atoms with van der Waals surface area (Å²) in [4.78, 5) is 13.5. The Morgan fingerprint density at radius 1 is 1.38 bits per heavy atom. The first-order chi connectivity index (χ1) is 11.5. The summed E-state index contributed by atoms with van der Waals surface area (Å²) < 4.78 is 6.98. The maximum absolute atomic E-state index is 12.1. The van der Waals surface area contributed by atoms with Crippen molar-refractivity contribution in [2.24, 2.45) is 0 Å². The molecule has 0 amide bonds. The number of rotatable bonds is 4. The van der Waals surface area contributed by atoms with Crippen LogP contribution in [0.3, 0.4) is 0 Å². The normalized spacial score (nSPS) is 12.1. The largest absolute Gasteiger partial charge is 0.443 e. The van der Waals surface area contributed by atoms with Gasteiger partial charge in [-0.3, -0.25) is 4.68 Å². The van der Waals surface area contributed by atoms with E-state index < -0.39 is 12.1 Å². The zero-order valence-corrected chi connectivity index (χ0v) is 14.6. The quantitative estimate of drug-likeness (QED) is 0.677. The molecule has 0 radical (unpaired) electrons. The van der Waals surface area contributed by atoms with E-state index in [1.807, 2.05) is 17.7 Å². The molecule has 122 valence electrons. The van der Waals surface area contributed by atoms with Crippen LogP contribution in [-0.2, 0) is 11.3 Å². The lowest BCUT2D eigenvalue weighted by atomic mass is 10.1. The number of fused-ring (bicyclic) bond motifs is 1. The molecule has 0 fully saturated rings. The fourth-order valence-corrected chi connectivity index (χ4v) is 3.48. The first kappa shape index (κ1) is 16.2. The standard InChI is InChI=1S/C18H17N3O2S/c1-11-4-6-14(7-5-11)10-21-17-15(13(3)20-21)8-16(24-17)18(22)23-12(2)9-19/h4-8,12H,10H2,1-3H3/t12-/m1/s1. The maximum Gasteiger partial charge on any atom is 0.349 e. The van der Waals surface area contributed by atoms with E-state index in [4.69, 9.17) is 10.00 Å². The second-order valence-corrected chi connectivity index (χ2v) is 6.77. The number of thiophene rings is 1. The third kappa shape index (κ3) is 3.17. The molecule has 5 nitrogen and oxygen atoms in total. The molecule has 0 unspecified atom stereocenters. The number of hydrogen-bond donors (Lipinski definition) is 0. The second-order valence-electron chi connectivity index (χ2n) is 5.73. The number of ether oxygens (including phenoxy) is 1. The van der Waals surface area contributed by atoms with Crippen molar-refractivity contribution in [2.75, 3.05) is 0 Å². The number of nitriles is 1.